The largest absolute Gasteiger partial charge is 0.419 e. The van der Waals surface area contributed by atoms with E-state index in [-0.39, 0.29) is 10.5 Å². The van der Waals surface area contributed by atoms with Crippen molar-refractivity contribution in [2.24, 2.45) is 17.3 Å². The molecule has 0 unspecified atom stereocenters. The zero-order valence-electron chi connectivity index (χ0n) is 15.3. The van der Waals surface area contributed by atoms with Crippen molar-refractivity contribution >= 4 is 38.2 Å². The number of aromatic nitrogens is 1. The van der Waals surface area contributed by atoms with Gasteiger partial charge in [-0.1, -0.05) is 18.2 Å². The number of rotatable bonds is 5. The molecule has 0 saturated carbocycles. The predicted octanol–water partition coefficient (Wildman–Crippen LogP) is 4.35. The minimum Gasteiger partial charge on any atom is -0.408 e. The van der Waals surface area contributed by atoms with Gasteiger partial charge in [0.1, 0.15) is 0 Å². The minimum absolute atomic E-state index is 0.00723. The first-order valence-electron chi connectivity index (χ1n) is 8.62. The molecule has 1 N–H and O–H groups in total. The molecule has 4 aromatic rings. The lowest BCUT2D eigenvalue weighted by Crippen LogP contribution is -2.12. The molecule has 1 heterocycles. The first kappa shape index (κ1) is 18.6. The molecule has 0 bridgehead atoms. The van der Waals surface area contributed by atoms with Gasteiger partial charge in [0.05, 0.1) is 21.8 Å². The van der Waals surface area contributed by atoms with Crippen molar-refractivity contribution < 1.29 is 12.8 Å². The molecule has 3 aromatic carbocycles. The lowest BCUT2D eigenvalue weighted by molar-refractivity contribution is 0.527. The zero-order valence-corrected chi connectivity index (χ0v) is 16.1. The smallest absolute Gasteiger partial charge is 0.408 e. The average molecular weight is 408 g/mol. The Bertz CT molecular complexity index is 1360. The van der Waals surface area contributed by atoms with Gasteiger partial charge >= 0.3 is 5.76 Å². The predicted molar refractivity (Wildman–Crippen MR) is 109 cm³/mol. The van der Waals surface area contributed by atoms with E-state index in [9.17, 15) is 13.2 Å². The summed E-state index contributed by atoms with van der Waals surface area (Å²) in [6.45, 7) is 0. The Balaban J connectivity index is 1.53. The average Bonchev–Trinajstić information content (AvgIpc) is 3.01. The third kappa shape index (κ3) is 3.94. The Morgan fingerprint density at radius 3 is 2.24 bits per heavy atom. The van der Waals surface area contributed by atoms with E-state index in [1.165, 1.54) is 22.8 Å². The first-order chi connectivity index (χ1) is 13.9. The summed E-state index contributed by atoms with van der Waals surface area (Å²) >= 11 is 0. The van der Waals surface area contributed by atoms with Gasteiger partial charge in [-0.3, -0.25) is 9.29 Å². The monoisotopic (exact) mass is 408 g/mol. The van der Waals surface area contributed by atoms with Gasteiger partial charge in [0.25, 0.3) is 10.0 Å². The highest BCUT2D eigenvalue weighted by Crippen LogP contribution is 2.23. The van der Waals surface area contributed by atoms with Crippen LogP contribution in [0.4, 0.5) is 17.1 Å². The van der Waals surface area contributed by atoms with Crippen molar-refractivity contribution in [1.82, 2.24) is 4.57 Å². The highest BCUT2D eigenvalue weighted by molar-refractivity contribution is 7.92. The summed E-state index contributed by atoms with van der Waals surface area (Å²) in [5.41, 5.74) is 2.40. The van der Waals surface area contributed by atoms with E-state index in [1.807, 2.05) is 30.3 Å². The van der Waals surface area contributed by atoms with Crippen molar-refractivity contribution in [2.45, 2.75) is 4.90 Å². The molecule has 0 saturated heterocycles. The molecular weight excluding hydrogens is 392 g/mol. The molecule has 0 fully saturated rings. The number of hydrogen-bond donors (Lipinski definition) is 1. The van der Waals surface area contributed by atoms with Crippen LogP contribution in [0, 0.1) is 0 Å². The molecule has 29 heavy (non-hydrogen) atoms. The number of nitrogens with one attached hydrogen (secondary N) is 1. The van der Waals surface area contributed by atoms with Crippen molar-refractivity contribution in [3.05, 3.63) is 83.3 Å². The van der Waals surface area contributed by atoms with Crippen molar-refractivity contribution in [2.75, 3.05) is 4.72 Å². The van der Waals surface area contributed by atoms with Crippen LogP contribution >= 0.6 is 0 Å². The van der Waals surface area contributed by atoms with Crippen LogP contribution in [0.25, 0.3) is 11.1 Å². The fourth-order valence-electron chi connectivity index (χ4n) is 2.70. The van der Waals surface area contributed by atoms with E-state index in [0.717, 1.165) is 5.69 Å². The van der Waals surface area contributed by atoms with E-state index in [1.54, 1.807) is 31.3 Å². The number of anilines is 1. The molecule has 0 aliphatic heterocycles. The third-order valence-electron chi connectivity index (χ3n) is 4.23. The fourth-order valence-corrected chi connectivity index (χ4v) is 3.78. The van der Waals surface area contributed by atoms with Gasteiger partial charge in [-0.2, -0.15) is 10.2 Å². The molecule has 0 aliphatic rings. The van der Waals surface area contributed by atoms with Crippen LogP contribution in [-0.4, -0.2) is 13.0 Å². The summed E-state index contributed by atoms with van der Waals surface area (Å²) in [4.78, 5) is 11.6. The van der Waals surface area contributed by atoms with Crippen molar-refractivity contribution in [3.8, 4) is 0 Å². The number of oxazole rings is 1. The van der Waals surface area contributed by atoms with Gasteiger partial charge in [0, 0.05) is 18.8 Å². The molecule has 1 aromatic heterocycles. The maximum atomic E-state index is 12.7. The third-order valence-corrected chi connectivity index (χ3v) is 5.61. The Hall–Kier alpha value is -3.72. The normalized spacial score (nSPS) is 11.9. The number of sulfonamides is 1. The Labute approximate surface area is 166 Å². The highest BCUT2D eigenvalue weighted by Gasteiger charge is 2.17. The standard InChI is InChI=1S/C20H16N4O4S/c1-24-18-12-11-17(13-19(18)28-20(24)25)29(26,27)23-16-9-7-15(8-10-16)22-21-14-5-3-2-4-6-14/h2-13,23H,1H3. The van der Waals surface area contributed by atoms with Crippen LogP contribution < -0.4 is 10.5 Å². The van der Waals surface area contributed by atoms with E-state index < -0.39 is 15.8 Å². The second kappa shape index (κ2) is 7.36. The maximum Gasteiger partial charge on any atom is 0.419 e. The number of aryl methyl sites for hydroxylation is 1. The summed E-state index contributed by atoms with van der Waals surface area (Å²) in [6, 6.07) is 20.1. The summed E-state index contributed by atoms with van der Waals surface area (Å²) < 4.78 is 34.2. The van der Waals surface area contributed by atoms with Crippen LogP contribution in [0.15, 0.2) is 97.1 Å². The van der Waals surface area contributed by atoms with Crippen LogP contribution in [0.5, 0.6) is 0 Å². The summed E-state index contributed by atoms with van der Waals surface area (Å²) in [5, 5.41) is 8.24. The maximum absolute atomic E-state index is 12.7. The topological polar surface area (TPSA) is 106 Å². The summed E-state index contributed by atoms with van der Waals surface area (Å²) in [5.74, 6) is -0.553. The van der Waals surface area contributed by atoms with Gasteiger partial charge in [-0.05, 0) is 48.5 Å². The molecule has 0 aliphatic carbocycles. The zero-order chi connectivity index (χ0) is 20.4. The molecule has 0 radical (unpaired) electrons. The van der Waals surface area contributed by atoms with E-state index >= 15 is 0 Å². The molecule has 0 spiro atoms. The molecule has 8 nitrogen and oxygen atoms in total. The number of hydrogen-bond acceptors (Lipinski definition) is 6. The summed E-state index contributed by atoms with van der Waals surface area (Å²) in [6.07, 6.45) is 0. The lowest BCUT2D eigenvalue weighted by atomic mass is 10.3. The van der Waals surface area contributed by atoms with Gasteiger partial charge in [-0.15, -0.1) is 0 Å². The first-order valence-corrected chi connectivity index (χ1v) is 10.1. The Morgan fingerprint density at radius 1 is 0.897 bits per heavy atom. The number of fused-ring (bicyclic) bond motifs is 1. The highest BCUT2D eigenvalue weighted by atomic mass is 32.2. The number of azo groups is 1. The van der Waals surface area contributed by atoms with Crippen LogP contribution in [0.1, 0.15) is 0 Å². The quantitative estimate of drug-likeness (QED) is 0.496. The number of benzene rings is 3. The second-order valence-electron chi connectivity index (χ2n) is 6.24. The summed E-state index contributed by atoms with van der Waals surface area (Å²) in [7, 11) is -2.30. The molecule has 0 amide bonds. The second-order valence-corrected chi connectivity index (χ2v) is 7.93. The molecule has 9 heteroatoms. The van der Waals surface area contributed by atoms with Crippen LogP contribution in [-0.2, 0) is 17.1 Å². The van der Waals surface area contributed by atoms with Crippen LogP contribution in [0.2, 0.25) is 0 Å². The van der Waals surface area contributed by atoms with Gasteiger partial charge in [0.2, 0.25) is 0 Å². The molecule has 146 valence electrons. The van der Waals surface area contributed by atoms with Gasteiger partial charge in [-0.25, -0.2) is 13.2 Å². The molecule has 4 rings (SSSR count). The SMILES string of the molecule is Cn1c(=O)oc2cc(S(=O)(=O)Nc3ccc(N=Nc4ccccc4)cc3)ccc21. The molecule has 0 atom stereocenters. The van der Waals surface area contributed by atoms with Crippen molar-refractivity contribution in [1.29, 1.82) is 0 Å². The van der Waals surface area contributed by atoms with Gasteiger partial charge in [0.15, 0.2) is 5.58 Å². The fraction of sp³-hybridized carbons (Fsp3) is 0.0500. The molecular formula is C20H16N4O4S. The van der Waals surface area contributed by atoms with E-state index in [4.69, 9.17) is 4.42 Å². The number of nitrogens with zero attached hydrogens (tertiary/aromatic N) is 3. The van der Waals surface area contributed by atoms with Gasteiger partial charge < -0.3 is 4.42 Å². The van der Waals surface area contributed by atoms with Crippen molar-refractivity contribution in [3.63, 3.8) is 0 Å². The van der Waals surface area contributed by atoms with E-state index in [0.29, 0.717) is 16.9 Å². The Morgan fingerprint density at radius 2 is 1.55 bits per heavy atom. The van der Waals surface area contributed by atoms with Crippen LogP contribution in [0.3, 0.4) is 0 Å². The lowest BCUT2D eigenvalue weighted by Gasteiger charge is -2.08. The Kier molecular flexibility index (Phi) is 4.73. The van der Waals surface area contributed by atoms with E-state index in [2.05, 4.69) is 15.0 Å². The minimum atomic E-state index is -3.85.